The first-order chi connectivity index (χ1) is 9.78. The second kappa shape index (κ2) is 5.44. The van der Waals surface area contributed by atoms with Crippen molar-refractivity contribution in [1.29, 1.82) is 0 Å². The zero-order chi connectivity index (χ0) is 13.9. The molecule has 102 valence electrons. The summed E-state index contributed by atoms with van der Waals surface area (Å²) >= 11 is 1.49. The highest BCUT2D eigenvalue weighted by Gasteiger charge is 2.11. The van der Waals surface area contributed by atoms with Crippen LogP contribution in [0.3, 0.4) is 0 Å². The van der Waals surface area contributed by atoms with Gasteiger partial charge in [-0.25, -0.2) is 4.98 Å². The van der Waals surface area contributed by atoms with E-state index in [1.165, 1.54) is 11.3 Å². The van der Waals surface area contributed by atoms with Crippen molar-refractivity contribution in [1.82, 2.24) is 9.97 Å². The van der Waals surface area contributed by atoms with E-state index in [1.54, 1.807) is 0 Å². The van der Waals surface area contributed by atoms with E-state index in [1.807, 2.05) is 35.7 Å². The number of nitrogen functional groups attached to an aromatic ring is 1. The summed E-state index contributed by atoms with van der Waals surface area (Å²) in [5, 5.41) is 11.9. The molecule has 2 heterocycles. The quantitative estimate of drug-likeness (QED) is 0.771. The zero-order valence-electron chi connectivity index (χ0n) is 10.6. The van der Waals surface area contributed by atoms with Crippen LogP contribution in [0.25, 0.3) is 10.2 Å². The summed E-state index contributed by atoms with van der Waals surface area (Å²) < 4.78 is 5.88. The number of nitrogens with zero attached hydrogens (tertiary/aromatic N) is 2. The molecule has 0 atom stereocenters. The second-order valence-electron chi connectivity index (χ2n) is 4.21. The van der Waals surface area contributed by atoms with Crippen LogP contribution in [0.15, 0.2) is 35.7 Å². The maximum Gasteiger partial charge on any atom is 0.232 e. The Kier molecular flexibility index (Phi) is 3.49. The summed E-state index contributed by atoms with van der Waals surface area (Å²) in [5.41, 5.74) is 6.63. The van der Waals surface area contributed by atoms with E-state index in [0.29, 0.717) is 18.1 Å². The smallest absolute Gasteiger partial charge is 0.232 e. The highest BCUT2D eigenvalue weighted by Crippen LogP contribution is 2.32. The van der Waals surface area contributed by atoms with Crippen LogP contribution in [0.1, 0.15) is 5.56 Å². The highest BCUT2D eigenvalue weighted by atomic mass is 32.1. The molecule has 2 aromatic heterocycles. The largest absolute Gasteiger partial charge is 0.438 e. The number of nitrogens with two attached hydrogens (primary N) is 1. The first-order valence-electron chi connectivity index (χ1n) is 6.15. The van der Waals surface area contributed by atoms with Crippen molar-refractivity contribution in [3.8, 4) is 11.6 Å². The summed E-state index contributed by atoms with van der Waals surface area (Å²) in [6.45, 7) is 0.0696. The predicted molar refractivity (Wildman–Crippen MR) is 79.1 cm³/mol. The molecule has 0 saturated heterocycles. The molecule has 0 amide bonds. The van der Waals surface area contributed by atoms with Gasteiger partial charge in [-0.1, -0.05) is 18.2 Å². The van der Waals surface area contributed by atoms with Gasteiger partial charge < -0.3 is 15.6 Å². The Labute approximate surface area is 119 Å². The Balaban J connectivity index is 2.03. The van der Waals surface area contributed by atoms with Crippen LogP contribution >= 0.6 is 11.3 Å². The lowest BCUT2D eigenvalue weighted by atomic mass is 10.1. The lowest BCUT2D eigenvalue weighted by molar-refractivity contribution is 0.297. The fourth-order valence-corrected chi connectivity index (χ4v) is 2.72. The van der Waals surface area contributed by atoms with Crippen molar-refractivity contribution in [3.05, 3.63) is 41.3 Å². The summed E-state index contributed by atoms with van der Waals surface area (Å²) in [6, 6.07) is 9.46. The van der Waals surface area contributed by atoms with Crippen LogP contribution in [0.5, 0.6) is 11.6 Å². The van der Waals surface area contributed by atoms with Gasteiger partial charge in [-0.15, -0.1) is 11.3 Å². The molecular formula is C14H13N3O2S. The lowest BCUT2D eigenvalue weighted by Gasteiger charge is -2.10. The van der Waals surface area contributed by atoms with Crippen molar-refractivity contribution >= 4 is 27.5 Å². The van der Waals surface area contributed by atoms with Crippen LogP contribution in [0.2, 0.25) is 0 Å². The van der Waals surface area contributed by atoms with Gasteiger partial charge in [0.1, 0.15) is 10.6 Å². The molecule has 1 aromatic carbocycles. The minimum absolute atomic E-state index is 0.0696. The van der Waals surface area contributed by atoms with Gasteiger partial charge in [0, 0.05) is 6.61 Å². The number of para-hydroxylation sites is 1. The average Bonchev–Trinajstić information content (AvgIpc) is 2.89. The Morgan fingerprint density at radius 1 is 1.20 bits per heavy atom. The molecule has 0 bridgehead atoms. The first kappa shape index (κ1) is 12.8. The number of hydrogen-bond acceptors (Lipinski definition) is 6. The molecule has 6 heteroatoms. The Bertz CT molecular complexity index is 742. The maximum absolute atomic E-state index is 9.09. The van der Waals surface area contributed by atoms with E-state index in [-0.39, 0.29) is 12.6 Å². The topological polar surface area (TPSA) is 81.3 Å². The lowest BCUT2D eigenvalue weighted by Crippen LogP contribution is -1.99. The number of aliphatic hydroxyl groups is 1. The van der Waals surface area contributed by atoms with Crippen LogP contribution in [-0.2, 0) is 6.42 Å². The molecule has 0 radical (unpaired) electrons. The second-order valence-corrected chi connectivity index (χ2v) is 5.10. The van der Waals surface area contributed by atoms with Crippen molar-refractivity contribution < 1.29 is 9.84 Å². The van der Waals surface area contributed by atoms with E-state index < -0.39 is 0 Å². The molecule has 0 saturated carbocycles. The van der Waals surface area contributed by atoms with E-state index >= 15 is 0 Å². The number of hydrogen-bond donors (Lipinski definition) is 2. The molecule has 5 nitrogen and oxygen atoms in total. The number of aromatic nitrogens is 2. The summed E-state index contributed by atoms with van der Waals surface area (Å²) in [5.74, 6) is 1.31. The van der Waals surface area contributed by atoms with Gasteiger partial charge in [-0.05, 0) is 29.5 Å². The number of anilines is 1. The van der Waals surface area contributed by atoms with Crippen molar-refractivity contribution in [3.63, 3.8) is 0 Å². The van der Waals surface area contributed by atoms with Crippen molar-refractivity contribution in [2.45, 2.75) is 6.42 Å². The fraction of sp³-hybridized carbons (Fsp3) is 0.143. The van der Waals surface area contributed by atoms with Crippen LogP contribution in [0.4, 0.5) is 5.95 Å². The molecule has 3 rings (SSSR count). The number of ether oxygens (including phenoxy) is 1. The van der Waals surface area contributed by atoms with Crippen molar-refractivity contribution in [2.75, 3.05) is 12.3 Å². The minimum atomic E-state index is 0.0696. The van der Waals surface area contributed by atoms with Crippen LogP contribution in [0, 0.1) is 0 Å². The van der Waals surface area contributed by atoms with Crippen LogP contribution < -0.4 is 10.5 Å². The zero-order valence-corrected chi connectivity index (χ0v) is 11.4. The molecular weight excluding hydrogens is 274 g/mol. The molecule has 0 aliphatic rings. The monoisotopic (exact) mass is 287 g/mol. The molecule has 3 aromatic rings. The van der Waals surface area contributed by atoms with E-state index in [9.17, 15) is 0 Å². The Morgan fingerprint density at radius 2 is 2.05 bits per heavy atom. The third-order valence-corrected chi connectivity index (χ3v) is 3.67. The molecule has 0 unspecified atom stereocenters. The number of thiophene rings is 1. The predicted octanol–water partition coefficient (Wildman–Crippen LogP) is 2.60. The summed E-state index contributed by atoms with van der Waals surface area (Å²) in [4.78, 5) is 9.12. The Hall–Kier alpha value is -2.18. The maximum atomic E-state index is 9.09. The van der Waals surface area contributed by atoms with E-state index in [0.717, 1.165) is 15.8 Å². The van der Waals surface area contributed by atoms with Gasteiger partial charge in [0.25, 0.3) is 0 Å². The molecule has 20 heavy (non-hydrogen) atoms. The number of fused-ring (bicyclic) bond motifs is 1. The van der Waals surface area contributed by atoms with Gasteiger partial charge in [-0.2, -0.15) is 4.98 Å². The first-order valence-corrected chi connectivity index (χ1v) is 7.03. The molecule has 0 aliphatic carbocycles. The van der Waals surface area contributed by atoms with Gasteiger partial charge in [-0.3, -0.25) is 0 Å². The molecule has 3 N–H and O–H groups in total. The minimum Gasteiger partial charge on any atom is -0.438 e. The third kappa shape index (κ3) is 2.43. The molecule has 0 spiro atoms. The Morgan fingerprint density at radius 3 is 2.90 bits per heavy atom. The number of benzene rings is 1. The van der Waals surface area contributed by atoms with Crippen LogP contribution in [-0.4, -0.2) is 21.7 Å². The number of aliphatic hydroxyl groups excluding tert-OH is 1. The van der Waals surface area contributed by atoms with E-state index in [4.69, 9.17) is 15.6 Å². The van der Waals surface area contributed by atoms with Crippen molar-refractivity contribution in [2.24, 2.45) is 0 Å². The third-order valence-electron chi connectivity index (χ3n) is 2.87. The van der Waals surface area contributed by atoms with Gasteiger partial charge in [0.05, 0.1) is 5.39 Å². The van der Waals surface area contributed by atoms with Gasteiger partial charge in [0.15, 0.2) is 0 Å². The van der Waals surface area contributed by atoms with Gasteiger partial charge in [0.2, 0.25) is 11.8 Å². The SMILES string of the molecule is Nc1nc(Oc2ccccc2CCO)c2ccsc2n1. The highest BCUT2D eigenvalue weighted by molar-refractivity contribution is 7.16. The average molecular weight is 287 g/mol. The van der Waals surface area contributed by atoms with Gasteiger partial charge >= 0.3 is 0 Å². The fourth-order valence-electron chi connectivity index (χ4n) is 1.96. The standard InChI is InChI=1S/C14H13N3O2S/c15-14-16-12(10-6-8-20-13(10)17-14)19-11-4-2-1-3-9(11)5-7-18/h1-4,6,8,18H,5,7H2,(H2,15,16,17). The summed E-state index contributed by atoms with van der Waals surface area (Å²) in [6.07, 6.45) is 0.531. The number of rotatable bonds is 4. The summed E-state index contributed by atoms with van der Waals surface area (Å²) in [7, 11) is 0. The molecule has 0 fully saturated rings. The normalized spacial score (nSPS) is 10.8. The molecule has 0 aliphatic heterocycles. The van der Waals surface area contributed by atoms with E-state index in [2.05, 4.69) is 9.97 Å².